The minimum absolute atomic E-state index is 0.0276. The average Bonchev–Trinajstić information content (AvgIpc) is 3.06. The molecular formula is C14H23N5O. The van der Waals surface area contributed by atoms with Gasteiger partial charge in [-0.1, -0.05) is 6.92 Å². The Labute approximate surface area is 119 Å². The smallest absolute Gasteiger partial charge is 0.161 e. The zero-order valence-corrected chi connectivity index (χ0v) is 12.6. The molecular weight excluding hydrogens is 254 g/mol. The topological polar surface area (TPSA) is 56.9 Å². The summed E-state index contributed by atoms with van der Waals surface area (Å²) in [5.41, 5.74) is 2.15. The highest BCUT2D eigenvalue weighted by atomic mass is 16.5. The van der Waals surface area contributed by atoms with Gasteiger partial charge in [0.05, 0.1) is 25.0 Å². The lowest BCUT2D eigenvalue weighted by Gasteiger charge is -2.21. The third-order valence-electron chi connectivity index (χ3n) is 3.39. The van der Waals surface area contributed by atoms with Gasteiger partial charge in [0.2, 0.25) is 0 Å². The summed E-state index contributed by atoms with van der Waals surface area (Å²) < 4.78 is 9.33. The Hall–Kier alpha value is -1.82. The van der Waals surface area contributed by atoms with Gasteiger partial charge in [-0.2, -0.15) is 10.2 Å². The van der Waals surface area contributed by atoms with Crippen molar-refractivity contribution in [3.63, 3.8) is 0 Å². The van der Waals surface area contributed by atoms with Crippen molar-refractivity contribution >= 4 is 0 Å². The number of aryl methyl sites for hydroxylation is 2. The molecule has 20 heavy (non-hydrogen) atoms. The van der Waals surface area contributed by atoms with Gasteiger partial charge >= 0.3 is 0 Å². The molecule has 0 amide bonds. The van der Waals surface area contributed by atoms with Gasteiger partial charge < -0.3 is 10.1 Å². The molecule has 2 rings (SSSR count). The molecule has 0 aromatic carbocycles. The lowest BCUT2D eigenvalue weighted by molar-refractivity contribution is 0.396. The molecule has 0 saturated carbocycles. The van der Waals surface area contributed by atoms with E-state index in [1.165, 1.54) is 0 Å². The second-order valence-corrected chi connectivity index (χ2v) is 4.68. The van der Waals surface area contributed by atoms with Crippen LogP contribution in [0.4, 0.5) is 0 Å². The minimum atomic E-state index is 0.0276. The number of hydrogen-bond acceptors (Lipinski definition) is 4. The molecule has 0 saturated heterocycles. The van der Waals surface area contributed by atoms with E-state index in [2.05, 4.69) is 29.4 Å². The lowest BCUT2D eigenvalue weighted by atomic mass is 10.1. The van der Waals surface area contributed by atoms with Crippen LogP contribution in [0, 0.1) is 0 Å². The summed E-state index contributed by atoms with van der Waals surface area (Å²) in [5, 5.41) is 12.2. The van der Waals surface area contributed by atoms with E-state index in [1.54, 1.807) is 13.3 Å². The molecule has 0 radical (unpaired) electrons. The number of ether oxygens (including phenoxy) is 1. The third-order valence-corrected chi connectivity index (χ3v) is 3.39. The Kier molecular flexibility index (Phi) is 4.79. The zero-order chi connectivity index (χ0) is 14.5. The number of hydrogen-bond donors (Lipinski definition) is 1. The van der Waals surface area contributed by atoms with Crippen LogP contribution in [-0.4, -0.2) is 33.2 Å². The molecule has 1 N–H and O–H groups in total. The molecule has 0 aliphatic carbocycles. The highest BCUT2D eigenvalue weighted by molar-refractivity contribution is 5.34. The summed E-state index contributed by atoms with van der Waals surface area (Å²) >= 11 is 0. The van der Waals surface area contributed by atoms with E-state index >= 15 is 0 Å². The maximum Gasteiger partial charge on any atom is 0.161 e. The first-order chi connectivity index (χ1) is 9.72. The van der Waals surface area contributed by atoms with E-state index in [9.17, 15) is 0 Å². The zero-order valence-electron chi connectivity index (χ0n) is 12.6. The molecule has 0 bridgehead atoms. The highest BCUT2D eigenvalue weighted by Gasteiger charge is 2.24. The summed E-state index contributed by atoms with van der Waals surface area (Å²) in [4.78, 5) is 0. The van der Waals surface area contributed by atoms with E-state index in [0.29, 0.717) is 0 Å². The molecule has 0 spiro atoms. The molecule has 2 aromatic heterocycles. The second kappa shape index (κ2) is 6.56. The van der Waals surface area contributed by atoms with Crippen LogP contribution in [0.1, 0.15) is 37.7 Å². The summed E-state index contributed by atoms with van der Waals surface area (Å²) in [5.74, 6) is 0.807. The normalized spacial score (nSPS) is 12.6. The van der Waals surface area contributed by atoms with Crippen molar-refractivity contribution in [1.29, 1.82) is 0 Å². The first-order valence-corrected chi connectivity index (χ1v) is 7.03. The number of methoxy groups -OCH3 is 1. The Morgan fingerprint density at radius 3 is 2.70 bits per heavy atom. The van der Waals surface area contributed by atoms with E-state index in [-0.39, 0.29) is 6.04 Å². The monoisotopic (exact) mass is 277 g/mol. The molecule has 110 valence electrons. The van der Waals surface area contributed by atoms with Crippen molar-refractivity contribution in [3.05, 3.63) is 29.8 Å². The molecule has 1 unspecified atom stereocenters. The van der Waals surface area contributed by atoms with Crippen LogP contribution < -0.4 is 10.1 Å². The average molecular weight is 277 g/mol. The second-order valence-electron chi connectivity index (χ2n) is 4.68. The maximum atomic E-state index is 5.47. The van der Waals surface area contributed by atoms with Gasteiger partial charge in [-0.15, -0.1) is 0 Å². The molecule has 0 aliphatic heterocycles. The molecule has 0 aliphatic rings. The van der Waals surface area contributed by atoms with Gasteiger partial charge in [0, 0.05) is 19.8 Å². The minimum Gasteiger partial charge on any atom is -0.493 e. The SMILES string of the molecule is CCCNC(c1ccnn1C)c1c(OC)cnn1CC. The maximum absolute atomic E-state index is 5.47. The van der Waals surface area contributed by atoms with Crippen LogP contribution in [0.2, 0.25) is 0 Å². The summed E-state index contributed by atoms with van der Waals surface area (Å²) in [6, 6.07) is 2.06. The van der Waals surface area contributed by atoms with Crippen LogP contribution in [0.5, 0.6) is 5.75 Å². The van der Waals surface area contributed by atoms with Gasteiger partial charge in [-0.05, 0) is 26.0 Å². The van der Waals surface area contributed by atoms with E-state index < -0.39 is 0 Å². The van der Waals surface area contributed by atoms with Crippen molar-refractivity contribution in [3.8, 4) is 5.75 Å². The van der Waals surface area contributed by atoms with Crippen molar-refractivity contribution < 1.29 is 4.74 Å². The molecule has 0 fully saturated rings. The number of nitrogens with one attached hydrogen (secondary N) is 1. The fraction of sp³-hybridized carbons (Fsp3) is 0.571. The molecule has 6 heteroatoms. The highest BCUT2D eigenvalue weighted by Crippen LogP contribution is 2.29. The Balaban J connectivity index is 2.46. The largest absolute Gasteiger partial charge is 0.493 e. The van der Waals surface area contributed by atoms with Gasteiger partial charge in [-0.25, -0.2) is 0 Å². The van der Waals surface area contributed by atoms with Gasteiger partial charge in [-0.3, -0.25) is 9.36 Å². The van der Waals surface area contributed by atoms with E-state index in [4.69, 9.17) is 4.74 Å². The number of nitrogens with zero attached hydrogens (tertiary/aromatic N) is 4. The van der Waals surface area contributed by atoms with Gasteiger partial charge in [0.1, 0.15) is 5.69 Å². The van der Waals surface area contributed by atoms with Crippen LogP contribution in [0.15, 0.2) is 18.5 Å². The van der Waals surface area contributed by atoms with Gasteiger partial charge in [0.15, 0.2) is 5.75 Å². The fourth-order valence-corrected chi connectivity index (χ4v) is 2.38. The quantitative estimate of drug-likeness (QED) is 0.837. The predicted octanol–water partition coefficient (Wildman–Crippen LogP) is 1.73. The van der Waals surface area contributed by atoms with Gasteiger partial charge in [0.25, 0.3) is 0 Å². The van der Waals surface area contributed by atoms with E-state index in [0.717, 1.165) is 36.6 Å². The van der Waals surface area contributed by atoms with Crippen molar-refractivity contribution in [1.82, 2.24) is 24.9 Å². The molecule has 2 heterocycles. The molecule has 2 aromatic rings. The molecule has 1 atom stereocenters. The Morgan fingerprint density at radius 1 is 1.35 bits per heavy atom. The Morgan fingerprint density at radius 2 is 2.15 bits per heavy atom. The fourth-order valence-electron chi connectivity index (χ4n) is 2.38. The van der Waals surface area contributed by atoms with Crippen LogP contribution >= 0.6 is 0 Å². The van der Waals surface area contributed by atoms with Crippen molar-refractivity contribution in [2.24, 2.45) is 7.05 Å². The molecule has 6 nitrogen and oxygen atoms in total. The number of rotatable bonds is 7. The predicted molar refractivity (Wildman–Crippen MR) is 77.8 cm³/mol. The van der Waals surface area contributed by atoms with Crippen LogP contribution in [0.3, 0.4) is 0 Å². The number of aromatic nitrogens is 4. The summed E-state index contributed by atoms with van der Waals surface area (Å²) in [6.45, 7) is 5.96. The van der Waals surface area contributed by atoms with Crippen LogP contribution in [-0.2, 0) is 13.6 Å². The first kappa shape index (κ1) is 14.6. The summed E-state index contributed by atoms with van der Waals surface area (Å²) in [6.07, 6.45) is 4.65. The third kappa shape index (κ3) is 2.70. The first-order valence-electron chi connectivity index (χ1n) is 7.03. The van der Waals surface area contributed by atoms with Crippen molar-refractivity contribution in [2.75, 3.05) is 13.7 Å². The standard InChI is InChI=1S/C14H23N5O/c1-5-8-15-13(11-7-9-16-18(11)3)14-12(20-4)10-17-19(14)6-2/h7,9-10,13,15H,5-6,8H2,1-4H3. The van der Waals surface area contributed by atoms with Crippen LogP contribution in [0.25, 0.3) is 0 Å². The van der Waals surface area contributed by atoms with Crippen molar-refractivity contribution in [2.45, 2.75) is 32.9 Å². The Bertz CT molecular complexity index is 524. The van der Waals surface area contributed by atoms with E-state index in [1.807, 2.05) is 28.7 Å². The lowest BCUT2D eigenvalue weighted by Crippen LogP contribution is -2.28. The summed E-state index contributed by atoms with van der Waals surface area (Å²) in [7, 11) is 3.63.